The van der Waals surface area contributed by atoms with Crippen molar-refractivity contribution in [2.75, 3.05) is 6.54 Å². The Hall–Kier alpha value is -4.65. The number of guanidine groups is 1. The molecule has 4 atom stereocenters. The lowest BCUT2D eigenvalue weighted by atomic mass is 10.0. The molecule has 40 heavy (non-hydrogen) atoms. The number of phenols is 1. The summed E-state index contributed by atoms with van der Waals surface area (Å²) in [6, 6.07) is 10.7. The summed E-state index contributed by atoms with van der Waals surface area (Å²) in [6.07, 6.45) is 0.695. The minimum atomic E-state index is -1.23. The van der Waals surface area contributed by atoms with Gasteiger partial charge in [0.15, 0.2) is 5.96 Å². The highest BCUT2D eigenvalue weighted by Crippen LogP contribution is 2.11. The number of carbonyl (C=O) groups excluding carboxylic acids is 3. The van der Waals surface area contributed by atoms with E-state index in [2.05, 4.69) is 20.9 Å². The maximum atomic E-state index is 13.4. The molecular weight excluding hydrogens is 518 g/mol. The van der Waals surface area contributed by atoms with E-state index in [0.717, 1.165) is 5.56 Å². The van der Waals surface area contributed by atoms with Crippen molar-refractivity contribution in [1.29, 1.82) is 0 Å². The van der Waals surface area contributed by atoms with Gasteiger partial charge in [0.2, 0.25) is 17.7 Å². The van der Waals surface area contributed by atoms with Gasteiger partial charge in [0.25, 0.3) is 0 Å². The number of hydrogen-bond acceptors (Lipinski definition) is 7. The smallest absolute Gasteiger partial charge is 0.325 e. The molecule has 216 valence electrons. The van der Waals surface area contributed by atoms with E-state index >= 15 is 0 Å². The summed E-state index contributed by atoms with van der Waals surface area (Å²) in [5.41, 5.74) is 18.3. The molecule has 0 heterocycles. The maximum absolute atomic E-state index is 13.4. The van der Waals surface area contributed by atoms with Gasteiger partial charge in [-0.15, -0.1) is 0 Å². The van der Waals surface area contributed by atoms with E-state index in [-0.39, 0.29) is 37.5 Å². The number of benzene rings is 2. The minimum Gasteiger partial charge on any atom is -0.508 e. The fourth-order valence-corrected chi connectivity index (χ4v) is 3.74. The van der Waals surface area contributed by atoms with Crippen LogP contribution in [0, 0.1) is 0 Å². The van der Waals surface area contributed by atoms with Crippen LogP contribution in [0.5, 0.6) is 5.75 Å². The SMILES string of the molecule is C[C@H](NC(=O)[C@H](Cc1ccccc1)NC(=O)[C@H](CCCN=C(N)N)NC(=O)[C@@H](N)Cc1ccc(O)cc1)C(=O)O. The summed E-state index contributed by atoms with van der Waals surface area (Å²) in [6.45, 7) is 1.51. The van der Waals surface area contributed by atoms with Crippen LogP contribution < -0.4 is 33.2 Å². The first-order valence-electron chi connectivity index (χ1n) is 12.7. The molecule has 0 saturated carbocycles. The molecule has 0 aliphatic heterocycles. The first-order valence-corrected chi connectivity index (χ1v) is 12.7. The van der Waals surface area contributed by atoms with E-state index in [1.807, 2.05) is 0 Å². The number of nitrogens with one attached hydrogen (secondary N) is 3. The molecule has 13 heteroatoms. The van der Waals surface area contributed by atoms with E-state index in [0.29, 0.717) is 12.0 Å². The Morgan fingerprint density at radius 3 is 2.00 bits per heavy atom. The second kappa shape index (κ2) is 15.7. The summed E-state index contributed by atoms with van der Waals surface area (Å²) in [7, 11) is 0. The number of nitrogens with zero attached hydrogens (tertiary/aromatic N) is 1. The molecule has 0 unspecified atom stereocenters. The van der Waals surface area contributed by atoms with Gasteiger partial charge in [0.1, 0.15) is 23.9 Å². The number of carbonyl (C=O) groups is 4. The molecule has 11 N–H and O–H groups in total. The van der Waals surface area contributed by atoms with E-state index in [1.54, 1.807) is 42.5 Å². The number of rotatable bonds is 15. The Kier molecular flexibility index (Phi) is 12.4. The number of hydrogen-bond donors (Lipinski definition) is 8. The van der Waals surface area contributed by atoms with Crippen molar-refractivity contribution in [2.45, 2.75) is 56.8 Å². The van der Waals surface area contributed by atoms with Gasteiger partial charge in [0.05, 0.1) is 6.04 Å². The van der Waals surface area contributed by atoms with Crippen molar-refractivity contribution in [1.82, 2.24) is 16.0 Å². The normalized spacial score (nSPS) is 13.7. The van der Waals surface area contributed by atoms with E-state index in [9.17, 15) is 29.4 Å². The Labute approximate surface area is 232 Å². The summed E-state index contributed by atoms with van der Waals surface area (Å²) in [4.78, 5) is 54.4. The average Bonchev–Trinajstić information content (AvgIpc) is 2.91. The molecule has 0 radical (unpaired) electrons. The zero-order valence-electron chi connectivity index (χ0n) is 22.2. The maximum Gasteiger partial charge on any atom is 0.325 e. The standard InChI is InChI=1S/C27H37N7O6/c1-16(26(39)40)32-25(38)22(15-17-6-3-2-4-7-17)34-24(37)21(8-5-13-31-27(29)30)33-23(36)20(28)14-18-9-11-19(35)12-10-18/h2-4,6-7,9-12,16,20-22,35H,5,8,13-15,28H2,1H3,(H,32,38)(H,33,36)(H,34,37)(H,39,40)(H4,29,30,31)/t16-,20-,21-,22-/m0/s1. The molecule has 2 aromatic rings. The fraction of sp³-hybridized carbons (Fsp3) is 0.370. The monoisotopic (exact) mass is 555 g/mol. The molecule has 0 spiro atoms. The van der Waals surface area contributed by atoms with Crippen molar-refractivity contribution in [2.24, 2.45) is 22.2 Å². The molecular formula is C27H37N7O6. The van der Waals surface area contributed by atoms with Crippen LogP contribution >= 0.6 is 0 Å². The highest BCUT2D eigenvalue weighted by molar-refractivity contribution is 5.94. The summed E-state index contributed by atoms with van der Waals surface area (Å²) in [5.74, 6) is -3.22. The Balaban J connectivity index is 2.19. The van der Waals surface area contributed by atoms with Gasteiger partial charge in [-0.2, -0.15) is 0 Å². The molecule has 0 aromatic heterocycles. The van der Waals surface area contributed by atoms with Crippen LogP contribution in [0.15, 0.2) is 59.6 Å². The van der Waals surface area contributed by atoms with Gasteiger partial charge in [-0.1, -0.05) is 42.5 Å². The summed E-state index contributed by atoms with van der Waals surface area (Å²) < 4.78 is 0. The number of carboxylic acids is 1. The summed E-state index contributed by atoms with van der Waals surface area (Å²) in [5, 5.41) is 26.3. The fourth-order valence-electron chi connectivity index (χ4n) is 3.74. The van der Waals surface area contributed by atoms with Gasteiger partial charge in [-0.05, 0) is 49.4 Å². The van der Waals surface area contributed by atoms with Gasteiger partial charge < -0.3 is 43.4 Å². The molecule has 0 saturated heterocycles. The van der Waals surface area contributed by atoms with Crippen molar-refractivity contribution < 1.29 is 29.4 Å². The van der Waals surface area contributed by atoms with E-state index in [4.69, 9.17) is 17.2 Å². The molecule has 2 aromatic carbocycles. The molecule has 3 amide bonds. The number of phenolic OH excluding ortho intramolecular Hbond substituents is 1. The van der Waals surface area contributed by atoms with Crippen molar-refractivity contribution in [3.8, 4) is 5.75 Å². The van der Waals surface area contributed by atoms with Gasteiger partial charge in [-0.3, -0.25) is 24.2 Å². The average molecular weight is 556 g/mol. The first-order chi connectivity index (χ1) is 19.0. The number of aliphatic imine (C=N–C) groups is 1. The number of nitrogens with two attached hydrogens (primary N) is 3. The topological polar surface area (TPSA) is 235 Å². The molecule has 0 bridgehead atoms. The number of carboxylic acid groups (broad SMARTS) is 1. The lowest BCUT2D eigenvalue weighted by molar-refractivity contribution is -0.141. The third kappa shape index (κ3) is 11.0. The molecule has 0 aliphatic carbocycles. The lowest BCUT2D eigenvalue weighted by Crippen LogP contribution is -2.57. The summed E-state index contributed by atoms with van der Waals surface area (Å²) >= 11 is 0. The highest BCUT2D eigenvalue weighted by Gasteiger charge is 2.29. The Morgan fingerprint density at radius 1 is 0.825 bits per heavy atom. The molecule has 2 rings (SSSR count). The predicted molar refractivity (Wildman–Crippen MR) is 149 cm³/mol. The van der Waals surface area contributed by atoms with Crippen LogP contribution in [-0.2, 0) is 32.0 Å². The van der Waals surface area contributed by atoms with Gasteiger partial charge in [-0.25, -0.2) is 0 Å². The van der Waals surface area contributed by atoms with Crippen molar-refractivity contribution in [3.63, 3.8) is 0 Å². The highest BCUT2D eigenvalue weighted by atomic mass is 16.4. The van der Waals surface area contributed by atoms with E-state index in [1.165, 1.54) is 19.1 Å². The van der Waals surface area contributed by atoms with Crippen LogP contribution in [0.4, 0.5) is 0 Å². The second-order valence-corrected chi connectivity index (χ2v) is 9.31. The Bertz CT molecular complexity index is 1170. The number of aromatic hydroxyl groups is 1. The minimum absolute atomic E-state index is 0.0751. The van der Waals surface area contributed by atoms with Crippen LogP contribution in [0.25, 0.3) is 0 Å². The third-order valence-electron chi connectivity index (χ3n) is 5.95. The Morgan fingerprint density at radius 2 is 1.40 bits per heavy atom. The van der Waals surface area contributed by atoms with Crippen LogP contribution in [0.1, 0.15) is 30.9 Å². The molecule has 0 fully saturated rings. The third-order valence-corrected chi connectivity index (χ3v) is 5.95. The molecule has 13 nitrogen and oxygen atoms in total. The van der Waals surface area contributed by atoms with Crippen LogP contribution in [0.3, 0.4) is 0 Å². The predicted octanol–water partition coefficient (Wildman–Crippen LogP) is -0.883. The van der Waals surface area contributed by atoms with Crippen molar-refractivity contribution >= 4 is 29.7 Å². The zero-order valence-corrected chi connectivity index (χ0v) is 22.2. The first kappa shape index (κ1) is 31.6. The van der Waals surface area contributed by atoms with E-state index < -0.39 is 47.9 Å². The molecule has 0 aliphatic rings. The zero-order chi connectivity index (χ0) is 29.7. The number of aliphatic carboxylic acids is 1. The lowest BCUT2D eigenvalue weighted by Gasteiger charge is -2.25. The largest absolute Gasteiger partial charge is 0.508 e. The van der Waals surface area contributed by atoms with Gasteiger partial charge >= 0.3 is 5.97 Å². The van der Waals surface area contributed by atoms with Crippen LogP contribution in [-0.4, -0.2) is 70.6 Å². The van der Waals surface area contributed by atoms with Crippen molar-refractivity contribution in [3.05, 3.63) is 65.7 Å². The van der Waals surface area contributed by atoms with Crippen LogP contribution in [0.2, 0.25) is 0 Å². The number of amides is 3. The van der Waals surface area contributed by atoms with Gasteiger partial charge in [0, 0.05) is 13.0 Å². The quantitative estimate of drug-likeness (QED) is 0.0772. The second-order valence-electron chi connectivity index (χ2n) is 9.31.